The minimum atomic E-state index is -0.0377. The van der Waals surface area contributed by atoms with Crippen LogP contribution in [0, 0.1) is 6.92 Å². The van der Waals surface area contributed by atoms with Gasteiger partial charge in [0.25, 0.3) is 0 Å². The zero-order chi connectivity index (χ0) is 14.1. The molecule has 2 aromatic rings. The third kappa shape index (κ3) is 2.25. The van der Waals surface area contributed by atoms with E-state index in [1.165, 1.54) is 11.1 Å². The Hall–Kier alpha value is -2.00. The fraction of sp³-hybridized carbons (Fsp3) is 0.294. The van der Waals surface area contributed by atoms with Crippen molar-refractivity contribution in [3.63, 3.8) is 0 Å². The van der Waals surface area contributed by atoms with Crippen molar-refractivity contribution in [3.8, 4) is 11.5 Å². The molecule has 104 valence electrons. The van der Waals surface area contributed by atoms with Crippen LogP contribution in [0.3, 0.4) is 0 Å². The Morgan fingerprint density at radius 2 is 1.80 bits per heavy atom. The van der Waals surface area contributed by atoms with Gasteiger partial charge in [0.15, 0.2) is 11.5 Å². The fourth-order valence-corrected chi connectivity index (χ4v) is 3.01. The largest absolute Gasteiger partial charge is 0.504 e. The number of hydrogen-bond acceptors (Lipinski definition) is 3. The molecule has 0 fully saturated rings. The summed E-state index contributed by atoms with van der Waals surface area (Å²) in [6, 6.07) is 11.8. The van der Waals surface area contributed by atoms with Crippen molar-refractivity contribution in [1.29, 1.82) is 0 Å². The van der Waals surface area contributed by atoms with Crippen LogP contribution in [-0.4, -0.2) is 23.3 Å². The summed E-state index contributed by atoms with van der Waals surface area (Å²) in [5.74, 6) is 0.138. The third-order valence-electron chi connectivity index (χ3n) is 4.10. The molecule has 0 spiro atoms. The molecular weight excluding hydrogens is 250 g/mol. The maximum Gasteiger partial charge on any atom is 0.157 e. The molecule has 1 heterocycles. The molecule has 1 aliphatic heterocycles. The molecule has 3 nitrogen and oxygen atoms in total. The summed E-state index contributed by atoms with van der Waals surface area (Å²) in [7, 11) is 0. The Labute approximate surface area is 118 Å². The number of aromatic hydroxyl groups is 2. The standard InChI is InChI=1S/C17H19NO2/c1-11-4-2-3-5-13(11)15-10-18-7-6-12-8-16(19)17(20)9-14(12)15/h2-5,8-9,15,18-20H,6-7,10H2,1H3. The number of benzene rings is 2. The van der Waals surface area contributed by atoms with Gasteiger partial charge in [-0.05, 0) is 54.3 Å². The Morgan fingerprint density at radius 3 is 2.60 bits per heavy atom. The number of phenolic OH excluding ortho intramolecular Hbond substituents is 2. The zero-order valence-electron chi connectivity index (χ0n) is 11.6. The van der Waals surface area contributed by atoms with Gasteiger partial charge in [0.05, 0.1) is 0 Å². The number of nitrogens with one attached hydrogen (secondary N) is 1. The molecule has 0 saturated heterocycles. The van der Waals surface area contributed by atoms with Crippen LogP contribution in [0.5, 0.6) is 11.5 Å². The number of rotatable bonds is 1. The summed E-state index contributed by atoms with van der Waals surface area (Å²) in [4.78, 5) is 0. The second-order valence-corrected chi connectivity index (χ2v) is 5.40. The topological polar surface area (TPSA) is 52.5 Å². The van der Waals surface area contributed by atoms with Crippen LogP contribution in [0.15, 0.2) is 36.4 Å². The monoisotopic (exact) mass is 269 g/mol. The van der Waals surface area contributed by atoms with Gasteiger partial charge in [-0.25, -0.2) is 0 Å². The molecule has 0 aliphatic carbocycles. The van der Waals surface area contributed by atoms with Gasteiger partial charge in [0, 0.05) is 12.5 Å². The second kappa shape index (κ2) is 5.17. The van der Waals surface area contributed by atoms with Gasteiger partial charge in [0.2, 0.25) is 0 Å². The van der Waals surface area contributed by atoms with E-state index >= 15 is 0 Å². The summed E-state index contributed by atoms with van der Waals surface area (Å²) in [5, 5.41) is 23.0. The molecule has 1 unspecified atom stereocenters. The molecule has 1 atom stereocenters. The molecule has 1 aliphatic rings. The first kappa shape index (κ1) is 13.0. The molecule has 0 bridgehead atoms. The van der Waals surface area contributed by atoms with Crippen LogP contribution in [0.25, 0.3) is 0 Å². The van der Waals surface area contributed by atoms with E-state index < -0.39 is 0 Å². The van der Waals surface area contributed by atoms with Gasteiger partial charge in [-0.3, -0.25) is 0 Å². The van der Waals surface area contributed by atoms with Gasteiger partial charge in [-0.15, -0.1) is 0 Å². The zero-order valence-corrected chi connectivity index (χ0v) is 11.6. The maximum absolute atomic E-state index is 9.83. The minimum Gasteiger partial charge on any atom is -0.504 e. The summed E-state index contributed by atoms with van der Waals surface area (Å²) in [6.07, 6.45) is 0.867. The Morgan fingerprint density at radius 1 is 1.05 bits per heavy atom. The molecule has 0 amide bonds. The van der Waals surface area contributed by atoms with Crippen molar-refractivity contribution in [1.82, 2.24) is 5.32 Å². The van der Waals surface area contributed by atoms with E-state index in [4.69, 9.17) is 0 Å². The normalized spacial score (nSPS) is 18.4. The molecular formula is C17H19NO2. The fourth-order valence-electron chi connectivity index (χ4n) is 3.01. The molecule has 0 saturated carbocycles. The van der Waals surface area contributed by atoms with E-state index in [2.05, 4.69) is 24.4 Å². The van der Waals surface area contributed by atoms with E-state index in [9.17, 15) is 10.2 Å². The van der Waals surface area contributed by atoms with E-state index in [0.717, 1.165) is 30.6 Å². The highest BCUT2D eigenvalue weighted by molar-refractivity contribution is 5.51. The summed E-state index contributed by atoms with van der Waals surface area (Å²) in [5.41, 5.74) is 4.74. The lowest BCUT2D eigenvalue weighted by Gasteiger charge is -2.20. The molecule has 2 aromatic carbocycles. The highest BCUT2D eigenvalue weighted by atomic mass is 16.3. The molecule has 0 aromatic heterocycles. The summed E-state index contributed by atoms with van der Waals surface area (Å²) >= 11 is 0. The van der Waals surface area contributed by atoms with Crippen molar-refractivity contribution in [3.05, 3.63) is 58.7 Å². The number of aryl methyl sites for hydroxylation is 1. The Balaban J connectivity index is 2.14. The van der Waals surface area contributed by atoms with Crippen molar-refractivity contribution in [2.45, 2.75) is 19.3 Å². The van der Waals surface area contributed by atoms with Crippen LogP contribution >= 0.6 is 0 Å². The smallest absolute Gasteiger partial charge is 0.157 e. The van der Waals surface area contributed by atoms with Gasteiger partial charge in [-0.2, -0.15) is 0 Å². The van der Waals surface area contributed by atoms with Crippen molar-refractivity contribution < 1.29 is 10.2 Å². The molecule has 3 heteroatoms. The lowest BCUT2D eigenvalue weighted by Crippen LogP contribution is -2.21. The first-order valence-corrected chi connectivity index (χ1v) is 6.98. The van der Waals surface area contributed by atoms with Gasteiger partial charge < -0.3 is 15.5 Å². The molecule has 20 heavy (non-hydrogen) atoms. The van der Waals surface area contributed by atoms with E-state index in [1.807, 2.05) is 12.1 Å². The highest BCUT2D eigenvalue weighted by Crippen LogP contribution is 2.37. The number of phenols is 2. The van der Waals surface area contributed by atoms with E-state index in [1.54, 1.807) is 12.1 Å². The van der Waals surface area contributed by atoms with Crippen LogP contribution in [0.4, 0.5) is 0 Å². The molecule has 3 N–H and O–H groups in total. The minimum absolute atomic E-state index is 0.0332. The van der Waals surface area contributed by atoms with E-state index in [-0.39, 0.29) is 17.4 Å². The highest BCUT2D eigenvalue weighted by Gasteiger charge is 2.23. The lowest BCUT2D eigenvalue weighted by molar-refractivity contribution is 0.402. The summed E-state index contributed by atoms with van der Waals surface area (Å²) < 4.78 is 0. The number of fused-ring (bicyclic) bond motifs is 1. The van der Waals surface area contributed by atoms with Gasteiger partial charge >= 0.3 is 0 Å². The Bertz CT molecular complexity index is 637. The SMILES string of the molecule is Cc1ccccc1C1CNCCc2cc(O)c(O)cc21. The predicted molar refractivity (Wildman–Crippen MR) is 79.4 cm³/mol. The predicted octanol–water partition coefficient (Wildman–Crippen LogP) is 2.68. The van der Waals surface area contributed by atoms with Crippen molar-refractivity contribution >= 4 is 0 Å². The van der Waals surface area contributed by atoms with Crippen molar-refractivity contribution in [2.75, 3.05) is 13.1 Å². The van der Waals surface area contributed by atoms with Crippen LogP contribution in [0.2, 0.25) is 0 Å². The quantitative estimate of drug-likeness (QED) is 0.698. The number of hydrogen-bond donors (Lipinski definition) is 3. The Kier molecular flexibility index (Phi) is 3.36. The third-order valence-corrected chi connectivity index (χ3v) is 4.10. The second-order valence-electron chi connectivity index (χ2n) is 5.40. The first-order chi connectivity index (χ1) is 9.66. The molecule has 0 radical (unpaired) electrons. The van der Waals surface area contributed by atoms with Gasteiger partial charge in [0.1, 0.15) is 0 Å². The van der Waals surface area contributed by atoms with Gasteiger partial charge in [-0.1, -0.05) is 24.3 Å². The van der Waals surface area contributed by atoms with Crippen molar-refractivity contribution in [2.24, 2.45) is 0 Å². The first-order valence-electron chi connectivity index (χ1n) is 6.98. The average Bonchev–Trinajstić information content (AvgIpc) is 2.63. The average molecular weight is 269 g/mol. The van der Waals surface area contributed by atoms with Crippen LogP contribution < -0.4 is 5.32 Å². The maximum atomic E-state index is 9.83. The summed E-state index contributed by atoms with van der Waals surface area (Å²) in [6.45, 7) is 3.85. The van der Waals surface area contributed by atoms with Crippen LogP contribution in [0.1, 0.15) is 28.2 Å². The van der Waals surface area contributed by atoms with Crippen LogP contribution in [-0.2, 0) is 6.42 Å². The lowest BCUT2D eigenvalue weighted by atomic mass is 9.85. The molecule has 3 rings (SSSR count). The van der Waals surface area contributed by atoms with E-state index in [0.29, 0.717) is 0 Å².